The van der Waals surface area contributed by atoms with Gasteiger partial charge in [-0.1, -0.05) is 91.8 Å². The molecule has 2 atom stereocenters. The second kappa shape index (κ2) is 6.23. The molecule has 1 aliphatic heterocycles. The molecule has 0 aromatic heterocycles. The Kier molecular flexibility index (Phi) is 4.45. The standard InChI is InChI=1S/C20H26O2Si/c1-20(2,3)23(16-10-6-4-7-11-16,17-12-8-5-9-13-17)19-15-22-18(19)14-21/h4-13,18-19,21H,14-15H2,1-3H3. The van der Waals surface area contributed by atoms with Crippen LogP contribution in [0.5, 0.6) is 0 Å². The van der Waals surface area contributed by atoms with E-state index in [1.165, 1.54) is 10.4 Å². The fourth-order valence-corrected chi connectivity index (χ4v) is 10.9. The molecule has 0 saturated carbocycles. The van der Waals surface area contributed by atoms with E-state index in [-0.39, 0.29) is 17.7 Å². The third-order valence-corrected chi connectivity index (χ3v) is 11.8. The molecule has 0 aliphatic carbocycles. The molecule has 0 bridgehead atoms. The Labute approximate surface area is 140 Å². The summed E-state index contributed by atoms with van der Waals surface area (Å²) in [7, 11) is -2.13. The van der Waals surface area contributed by atoms with Gasteiger partial charge in [0.2, 0.25) is 0 Å². The van der Waals surface area contributed by atoms with Gasteiger partial charge >= 0.3 is 0 Å². The van der Waals surface area contributed by atoms with Gasteiger partial charge < -0.3 is 9.84 Å². The molecule has 1 aliphatic rings. The van der Waals surface area contributed by atoms with Crippen molar-refractivity contribution in [2.75, 3.05) is 13.2 Å². The number of hydrogen-bond acceptors (Lipinski definition) is 2. The lowest BCUT2D eigenvalue weighted by Gasteiger charge is -2.55. The molecular weight excluding hydrogens is 300 g/mol. The van der Waals surface area contributed by atoms with Gasteiger partial charge in [0, 0.05) is 5.54 Å². The van der Waals surface area contributed by atoms with Crippen LogP contribution in [0, 0.1) is 0 Å². The van der Waals surface area contributed by atoms with Crippen LogP contribution >= 0.6 is 0 Å². The molecule has 1 saturated heterocycles. The van der Waals surface area contributed by atoms with Gasteiger partial charge in [0.15, 0.2) is 0 Å². The van der Waals surface area contributed by atoms with E-state index in [4.69, 9.17) is 4.74 Å². The smallest absolute Gasteiger partial charge is 0.131 e. The third-order valence-electron chi connectivity index (χ3n) is 5.32. The first-order chi connectivity index (χ1) is 11.0. The van der Waals surface area contributed by atoms with Gasteiger partial charge in [0.05, 0.1) is 19.3 Å². The Morgan fingerprint density at radius 3 is 1.74 bits per heavy atom. The number of aliphatic hydroxyl groups excluding tert-OH is 1. The normalized spacial score (nSPS) is 21.7. The molecule has 2 aromatic rings. The molecule has 23 heavy (non-hydrogen) atoms. The van der Waals surface area contributed by atoms with Gasteiger partial charge in [-0.3, -0.25) is 0 Å². The molecule has 0 amide bonds. The number of rotatable bonds is 4. The maximum atomic E-state index is 9.78. The van der Waals surface area contributed by atoms with Crippen LogP contribution in [0.2, 0.25) is 10.6 Å². The summed E-state index contributed by atoms with van der Waals surface area (Å²) in [4.78, 5) is 0. The van der Waals surface area contributed by atoms with Crippen LogP contribution in [-0.4, -0.2) is 32.5 Å². The van der Waals surface area contributed by atoms with Crippen LogP contribution < -0.4 is 10.4 Å². The molecule has 2 nitrogen and oxygen atoms in total. The van der Waals surface area contributed by atoms with E-state index in [1.54, 1.807) is 0 Å². The zero-order valence-corrected chi connectivity index (χ0v) is 15.2. The number of hydrogen-bond donors (Lipinski definition) is 1. The highest BCUT2D eigenvalue weighted by atomic mass is 28.3. The van der Waals surface area contributed by atoms with Crippen molar-refractivity contribution in [3.63, 3.8) is 0 Å². The Morgan fingerprint density at radius 1 is 0.957 bits per heavy atom. The lowest BCUT2D eigenvalue weighted by molar-refractivity contribution is -0.0795. The fourth-order valence-electron chi connectivity index (χ4n) is 4.33. The maximum absolute atomic E-state index is 9.78. The number of benzene rings is 2. The molecule has 2 aromatic carbocycles. The van der Waals surface area contributed by atoms with Gasteiger partial charge in [-0.05, 0) is 5.04 Å². The van der Waals surface area contributed by atoms with E-state index in [1.807, 2.05) is 0 Å². The van der Waals surface area contributed by atoms with Gasteiger partial charge in [-0.25, -0.2) is 0 Å². The maximum Gasteiger partial charge on any atom is 0.131 e. The summed E-state index contributed by atoms with van der Waals surface area (Å²) in [5, 5.41) is 12.8. The van der Waals surface area contributed by atoms with Crippen molar-refractivity contribution in [1.82, 2.24) is 0 Å². The number of ether oxygens (including phenoxy) is 1. The van der Waals surface area contributed by atoms with Crippen LogP contribution in [0.15, 0.2) is 60.7 Å². The van der Waals surface area contributed by atoms with E-state index in [9.17, 15) is 5.11 Å². The quantitative estimate of drug-likeness (QED) is 0.876. The van der Waals surface area contributed by atoms with Crippen LogP contribution in [0.1, 0.15) is 20.8 Å². The SMILES string of the molecule is CC(C)(C)[Si](c1ccccc1)(c1ccccc1)C1COC1CO. The molecule has 2 unspecified atom stereocenters. The largest absolute Gasteiger partial charge is 0.394 e. The van der Waals surface area contributed by atoms with Crippen molar-refractivity contribution >= 4 is 18.4 Å². The first-order valence-electron chi connectivity index (χ1n) is 8.35. The highest BCUT2D eigenvalue weighted by molar-refractivity contribution is 7.05. The van der Waals surface area contributed by atoms with Crippen LogP contribution in [-0.2, 0) is 4.74 Å². The van der Waals surface area contributed by atoms with E-state index >= 15 is 0 Å². The van der Waals surface area contributed by atoms with E-state index < -0.39 is 8.07 Å². The summed E-state index contributed by atoms with van der Waals surface area (Å²) in [5.74, 6) is 0. The lowest BCUT2D eigenvalue weighted by Crippen LogP contribution is -2.72. The van der Waals surface area contributed by atoms with Crippen molar-refractivity contribution in [3.8, 4) is 0 Å². The Morgan fingerprint density at radius 2 is 1.43 bits per heavy atom. The zero-order valence-electron chi connectivity index (χ0n) is 14.2. The topological polar surface area (TPSA) is 29.5 Å². The summed E-state index contributed by atoms with van der Waals surface area (Å²) in [6.45, 7) is 7.91. The van der Waals surface area contributed by atoms with Crippen molar-refractivity contribution < 1.29 is 9.84 Å². The first-order valence-corrected chi connectivity index (χ1v) is 10.4. The first kappa shape index (κ1) is 16.4. The van der Waals surface area contributed by atoms with Crippen LogP contribution in [0.3, 0.4) is 0 Å². The molecule has 0 radical (unpaired) electrons. The summed E-state index contributed by atoms with van der Waals surface area (Å²) in [6, 6.07) is 21.8. The second-order valence-electron chi connectivity index (χ2n) is 7.45. The molecule has 1 heterocycles. The lowest BCUT2D eigenvalue weighted by atomic mass is 10.2. The van der Waals surface area contributed by atoms with E-state index in [0.717, 1.165) is 6.61 Å². The number of aliphatic hydroxyl groups is 1. The van der Waals surface area contributed by atoms with Gasteiger partial charge in [0.25, 0.3) is 0 Å². The summed E-state index contributed by atoms with van der Waals surface area (Å²) < 4.78 is 5.72. The molecule has 3 heteroatoms. The molecular formula is C20H26O2Si. The van der Waals surface area contributed by atoms with Crippen LogP contribution in [0.4, 0.5) is 0 Å². The molecule has 1 fully saturated rings. The average Bonchev–Trinajstić information content (AvgIpc) is 2.52. The van der Waals surface area contributed by atoms with Crippen molar-refractivity contribution in [2.24, 2.45) is 0 Å². The van der Waals surface area contributed by atoms with Gasteiger partial charge in [-0.15, -0.1) is 0 Å². The average molecular weight is 327 g/mol. The van der Waals surface area contributed by atoms with Gasteiger partial charge in [0.1, 0.15) is 8.07 Å². The highest BCUT2D eigenvalue weighted by Crippen LogP contribution is 2.48. The molecule has 3 rings (SSSR count). The minimum absolute atomic E-state index is 0.0405. The summed E-state index contributed by atoms with van der Waals surface area (Å²) in [6.07, 6.45) is -0.0405. The highest BCUT2D eigenvalue weighted by Gasteiger charge is 2.58. The van der Waals surface area contributed by atoms with Crippen molar-refractivity contribution in [3.05, 3.63) is 60.7 Å². The Bertz CT molecular complexity index is 592. The van der Waals surface area contributed by atoms with E-state index in [2.05, 4.69) is 81.4 Å². The molecule has 122 valence electrons. The van der Waals surface area contributed by atoms with Gasteiger partial charge in [-0.2, -0.15) is 0 Å². The summed E-state index contributed by atoms with van der Waals surface area (Å²) in [5.41, 5.74) is 0.400. The predicted octanol–water partition coefficient (Wildman–Crippen LogP) is 2.81. The second-order valence-corrected chi connectivity index (χ2v) is 12.5. The zero-order chi connectivity index (χ0) is 16.5. The van der Waals surface area contributed by atoms with Crippen molar-refractivity contribution in [1.29, 1.82) is 0 Å². The minimum Gasteiger partial charge on any atom is -0.394 e. The Balaban J connectivity index is 2.27. The van der Waals surface area contributed by atoms with E-state index in [0.29, 0.717) is 5.54 Å². The Hall–Kier alpha value is -1.42. The predicted molar refractivity (Wildman–Crippen MR) is 98.2 cm³/mol. The fraction of sp³-hybridized carbons (Fsp3) is 0.400. The third kappa shape index (κ3) is 2.57. The van der Waals surface area contributed by atoms with Crippen molar-refractivity contribution in [2.45, 2.75) is 37.5 Å². The summed E-state index contributed by atoms with van der Waals surface area (Å²) >= 11 is 0. The minimum atomic E-state index is -2.13. The monoisotopic (exact) mass is 326 g/mol. The molecule has 0 spiro atoms. The van der Waals surface area contributed by atoms with Crippen LogP contribution in [0.25, 0.3) is 0 Å². The molecule has 1 N–H and O–H groups in total.